The Morgan fingerprint density at radius 1 is 1.09 bits per heavy atom. The highest BCUT2D eigenvalue weighted by molar-refractivity contribution is 6.36. The summed E-state index contributed by atoms with van der Waals surface area (Å²) >= 11 is 18.9. The molecule has 0 aliphatic carbocycles. The predicted octanol–water partition coefficient (Wildman–Crippen LogP) is 6.99. The quantitative estimate of drug-likeness (QED) is 0.171. The van der Waals surface area contributed by atoms with E-state index in [1.54, 1.807) is 28.6 Å². The van der Waals surface area contributed by atoms with Crippen LogP contribution >= 0.6 is 34.8 Å². The summed E-state index contributed by atoms with van der Waals surface area (Å²) in [4.78, 5) is 32.0. The maximum atomic E-state index is 14.3. The van der Waals surface area contributed by atoms with Crippen LogP contribution in [0.4, 0.5) is 33.3 Å². The number of carbonyl (C=O) groups is 2. The van der Waals surface area contributed by atoms with Gasteiger partial charge in [0, 0.05) is 43.8 Å². The van der Waals surface area contributed by atoms with E-state index in [9.17, 15) is 36.6 Å². The highest BCUT2D eigenvalue weighted by Gasteiger charge is 2.55. The third-order valence-electron chi connectivity index (χ3n) is 8.02. The number of anilines is 2. The lowest BCUT2D eigenvalue weighted by Crippen LogP contribution is -2.54. The highest BCUT2D eigenvalue weighted by Crippen LogP contribution is 2.35. The molecule has 2 atom stereocenters. The van der Waals surface area contributed by atoms with Gasteiger partial charge >= 0.3 is 6.18 Å². The van der Waals surface area contributed by atoms with Crippen LogP contribution in [0.3, 0.4) is 0 Å². The van der Waals surface area contributed by atoms with Gasteiger partial charge in [0.2, 0.25) is 5.60 Å². The van der Waals surface area contributed by atoms with Crippen molar-refractivity contribution in [2.45, 2.75) is 44.3 Å². The largest absolute Gasteiger partial charge is 0.426 e. The number of aryl methyl sites for hydroxylation is 1. The topological polar surface area (TPSA) is 99.5 Å². The van der Waals surface area contributed by atoms with E-state index in [-0.39, 0.29) is 51.3 Å². The minimum atomic E-state index is -5.19. The second-order valence-corrected chi connectivity index (χ2v) is 12.5. The van der Waals surface area contributed by atoms with Crippen LogP contribution in [0.1, 0.15) is 40.7 Å². The van der Waals surface area contributed by atoms with Gasteiger partial charge in [-0.25, -0.2) is 13.8 Å². The van der Waals surface area contributed by atoms with Gasteiger partial charge in [0.25, 0.3) is 11.8 Å². The smallest absolute Gasteiger partial charge is 0.373 e. The molecule has 1 aliphatic heterocycles. The molecule has 2 amide bonds. The molecule has 1 aromatic heterocycles. The van der Waals surface area contributed by atoms with Crippen molar-refractivity contribution in [3.05, 3.63) is 85.9 Å². The number of halogens is 8. The predicted molar refractivity (Wildman–Crippen MR) is 170 cm³/mol. The van der Waals surface area contributed by atoms with Crippen molar-refractivity contribution in [2.24, 2.45) is 7.05 Å². The maximum absolute atomic E-state index is 14.3. The average Bonchev–Trinajstić information content (AvgIpc) is 3.57. The monoisotopic (exact) mass is 717 g/mol. The van der Waals surface area contributed by atoms with E-state index in [2.05, 4.69) is 15.6 Å². The summed E-state index contributed by atoms with van der Waals surface area (Å²) in [6.07, 6.45) is -5.94. The number of imidazole rings is 1. The summed E-state index contributed by atoms with van der Waals surface area (Å²) in [5, 5.41) is 14.5. The van der Waals surface area contributed by atoms with Gasteiger partial charge in [0.1, 0.15) is 17.8 Å². The number of amides is 2. The Morgan fingerprint density at radius 2 is 1.81 bits per heavy atom. The summed E-state index contributed by atoms with van der Waals surface area (Å²) in [6.45, 7) is 0.364. The Bertz CT molecular complexity index is 1880. The third kappa shape index (κ3) is 6.99. The van der Waals surface area contributed by atoms with Gasteiger partial charge in [-0.05, 0) is 60.9 Å². The number of alkyl halides is 4. The SMILES string of the molecule is Cn1c(Cc2c(Cl)ccc(CNC(=O)[C@@](C)(O)C(F)(F)F)c2Cl)nc2cc(C(=O)Nc3ccc(F)c(Cl)c3)c(N3CC[C@@H](F)C3)cc21. The van der Waals surface area contributed by atoms with Crippen LogP contribution in [0.25, 0.3) is 11.0 Å². The number of carbonyl (C=O) groups excluding carboxylic acids is 2. The minimum absolute atomic E-state index is 0.0477. The molecule has 1 aliphatic rings. The van der Waals surface area contributed by atoms with Crippen molar-refractivity contribution >= 4 is 69.0 Å². The molecule has 0 unspecified atom stereocenters. The van der Waals surface area contributed by atoms with Gasteiger partial charge in [-0.1, -0.05) is 40.9 Å². The minimum Gasteiger partial charge on any atom is -0.373 e. The van der Waals surface area contributed by atoms with E-state index in [1.807, 2.05) is 0 Å². The Balaban J connectivity index is 1.47. The number of hydrogen-bond donors (Lipinski definition) is 3. The molecule has 4 aromatic rings. The van der Waals surface area contributed by atoms with Crippen LogP contribution in [0, 0.1) is 5.82 Å². The Kier molecular flexibility index (Phi) is 9.66. The van der Waals surface area contributed by atoms with Gasteiger partial charge in [0.05, 0.1) is 32.3 Å². The van der Waals surface area contributed by atoms with E-state index < -0.39 is 42.1 Å². The lowest BCUT2D eigenvalue weighted by Gasteiger charge is -2.25. The van der Waals surface area contributed by atoms with Crippen molar-refractivity contribution in [1.82, 2.24) is 14.9 Å². The van der Waals surface area contributed by atoms with Gasteiger partial charge in [-0.3, -0.25) is 9.59 Å². The molecule has 0 bridgehead atoms. The molecule has 0 spiro atoms. The number of aliphatic hydroxyl groups is 1. The highest BCUT2D eigenvalue weighted by atomic mass is 35.5. The van der Waals surface area contributed by atoms with Gasteiger partial charge in [-0.2, -0.15) is 13.2 Å². The van der Waals surface area contributed by atoms with Crippen molar-refractivity contribution < 1.29 is 36.6 Å². The molecule has 250 valence electrons. The summed E-state index contributed by atoms with van der Waals surface area (Å²) in [5.41, 5.74) is -1.08. The van der Waals surface area contributed by atoms with Crippen LogP contribution in [0.15, 0.2) is 42.5 Å². The third-order valence-corrected chi connectivity index (χ3v) is 9.13. The van der Waals surface area contributed by atoms with Crippen LogP contribution in [0.2, 0.25) is 15.1 Å². The Hall–Kier alpha value is -3.65. The average molecular weight is 719 g/mol. The van der Waals surface area contributed by atoms with Gasteiger partial charge in [-0.15, -0.1) is 0 Å². The zero-order valence-corrected chi connectivity index (χ0v) is 27.1. The van der Waals surface area contributed by atoms with Crippen molar-refractivity contribution in [2.75, 3.05) is 23.3 Å². The number of hydrogen-bond acceptors (Lipinski definition) is 5. The number of rotatable bonds is 8. The van der Waals surface area contributed by atoms with Crippen molar-refractivity contribution in [1.29, 1.82) is 0 Å². The first-order valence-corrected chi connectivity index (χ1v) is 15.3. The van der Waals surface area contributed by atoms with Crippen LogP contribution in [-0.4, -0.2) is 57.5 Å². The molecule has 8 nitrogen and oxygen atoms in total. The number of fused-ring (bicyclic) bond motifs is 1. The van der Waals surface area contributed by atoms with E-state index in [0.717, 1.165) is 6.07 Å². The molecule has 2 heterocycles. The fraction of sp³-hybridized carbons (Fsp3) is 0.323. The summed E-state index contributed by atoms with van der Waals surface area (Å²) < 4.78 is 68.9. The van der Waals surface area contributed by atoms with Crippen molar-refractivity contribution in [3.63, 3.8) is 0 Å². The fourth-order valence-electron chi connectivity index (χ4n) is 5.17. The first-order valence-electron chi connectivity index (χ1n) is 14.2. The first-order chi connectivity index (χ1) is 22.0. The number of nitrogens with zero attached hydrogens (tertiary/aromatic N) is 3. The van der Waals surface area contributed by atoms with E-state index in [4.69, 9.17) is 34.8 Å². The normalized spacial score (nSPS) is 16.4. The van der Waals surface area contributed by atoms with Crippen LogP contribution in [-0.2, 0) is 24.8 Å². The van der Waals surface area contributed by atoms with Gasteiger partial charge < -0.3 is 25.2 Å². The molecule has 3 aromatic carbocycles. The van der Waals surface area contributed by atoms with Crippen LogP contribution < -0.4 is 15.5 Å². The lowest BCUT2D eigenvalue weighted by atomic mass is 10.0. The summed E-state index contributed by atoms with van der Waals surface area (Å²) in [5.74, 6) is -2.40. The van der Waals surface area contributed by atoms with E-state index >= 15 is 0 Å². The molecule has 1 fully saturated rings. The van der Waals surface area contributed by atoms with Crippen molar-refractivity contribution in [3.8, 4) is 0 Å². The molecular weight excluding hydrogens is 692 g/mol. The zero-order valence-electron chi connectivity index (χ0n) is 24.8. The fourth-order valence-corrected chi connectivity index (χ4v) is 5.92. The molecule has 0 saturated carbocycles. The Morgan fingerprint density at radius 3 is 2.45 bits per heavy atom. The van der Waals surface area contributed by atoms with E-state index in [1.165, 1.54) is 24.3 Å². The maximum Gasteiger partial charge on any atom is 0.426 e. The summed E-state index contributed by atoms with van der Waals surface area (Å²) in [7, 11) is 1.72. The number of aromatic nitrogens is 2. The molecular formula is C31H27Cl3F5N5O3. The lowest BCUT2D eigenvalue weighted by molar-refractivity contribution is -0.245. The molecule has 47 heavy (non-hydrogen) atoms. The number of nitrogens with one attached hydrogen (secondary N) is 2. The molecule has 1 saturated heterocycles. The molecule has 16 heteroatoms. The van der Waals surface area contributed by atoms with E-state index in [0.29, 0.717) is 41.6 Å². The van der Waals surface area contributed by atoms with Crippen LogP contribution in [0.5, 0.6) is 0 Å². The Labute approximate surface area is 280 Å². The summed E-state index contributed by atoms with van der Waals surface area (Å²) in [6, 6.07) is 9.93. The molecule has 0 radical (unpaired) electrons. The first kappa shape index (κ1) is 34.7. The van der Waals surface area contributed by atoms with Gasteiger partial charge in [0.15, 0.2) is 0 Å². The molecule has 3 N–H and O–H groups in total. The second-order valence-electron chi connectivity index (χ2n) is 11.3. The number of benzene rings is 3. The zero-order chi connectivity index (χ0) is 34.4. The molecule has 5 rings (SSSR count). The second kappa shape index (κ2) is 13.1. The standard InChI is InChI=1S/C31H27Cl3F5N5O3/c1-30(47,31(37,38)39)29(46)40-13-15-3-5-20(32)18(27(15)34)11-26-42-23-10-19(28(45)41-17-4-6-22(36)21(33)9-17)24(12-25(23)43(26)2)44-8-7-16(35)14-44/h3-6,9-10,12,16,47H,7-8,11,13-14H2,1-2H3,(H,40,46)(H,41,45)/t16-,30-/m1/s1.